The van der Waals surface area contributed by atoms with Crippen LogP contribution in [0.5, 0.6) is 0 Å². The molecule has 0 saturated carbocycles. The molecule has 0 aliphatic rings. The molecule has 0 fully saturated rings. The zero-order valence-electron chi connectivity index (χ0n) is 12.1. The minimum absolute atomic E-state index is 0.0927. The second-order valence-corrected chi connectivity index (χ2v) is 5.87. The molecule has 12 heteroatoms. The normalized spacial score (nSPS) is 11.5. The van der Waals surface area contributed by atoms with E-state index in [1.165, 1.54) is 0 Å². The van der Waals surface area contributed by atoms with Crippen LogP contribution in [0, 0.1) is 0 Å². The zero-order chi connectivity index (χ0) is 17.5. The highest BCUT2D eigenvalue weighted by atomic mass is 32.2. The quantitative estimate of drug-likeness (QED) is 0.424. The number of anilines is 1. The Morgan fingerprint density at radius 3 is 2.54 bits per heavy atom. The summed E-state index contributed by atoms with van der Waals surface area (Å²) in [5, 5.41) is 8.43. The van der Waals surface area contributed by atoms with E-state index in [0.717, 1.165) is 21.6 Å². The minimum atomic E-state index is -2.53. The van der Waals surface area contributed by atoms with Gasteiger partial charge in [0, 0.05) is 6.42 Å². The molecule has 128 valence electrons. The molecule has 1 unspecified atom stereocenters. The molecule has 2 amide bonds. The molecule has 1 heterocycles. The van der Waals surface area contributed by atoms with Crippen molar-refractivity contribution < 1.29 is 23.5 Å². The van der Waals surface area contributed by atoms with Gasteiger partial charge in [0.1, 0.15) is 12.2 Å². The lowest BCUT2D eigenvalue weighted by atomic mass is 10.1. The van der Waals surface area contributed by atoms with Crippen molar-refractivity contribution in [3.05, 3.63) is 41.6 Å². The summed E-state index contributed by atoms with van der Waals surface area (Å²) in [5.41, 5.74) is 4.90. The van der Waals surface area contributed by atoms with Crippen molar-refractivity contribution in [3.8, 4) is 0 Å². The van der Waals surface area contributed by atoms with E-state index in [4.69, 9.17) is 5.11 Å². The predicted molar refractivity (Wildman–Crippen MR) is 86.6 cm³/mol. The third kappa shape index (κ3) is 4.97. The van der Waals surface area contributed by atoms with Crippen molar-refractivity contribution in [3.63, 3.8) is 0 Å². The number of nitrogens with one attached hydrogen (secondary N) is 2. The molecular formula is C12H13N5O5S2. The van der Waals surface area contributed by atoms with E-state index in [-0.39, 0.29) is 5.82 Å². The standard InChI is InChI=1S/C12H13N5O5S2/c18-10(13-14-12(19)20)7-17(24(21)22)11-9(15-23-16-11)6-8-4-2-1-3-5-8/h1-5,14H,6-7H2,(H,13,18)(H,19,20)(H,21,22). The van der Waals surface area contributed by atoms with Gasteiger partial charge in [-0.05, 0) is 5.56 Å². The van der Waals surface area contributed by atoms with Crippen LogP contribution in [0.1, 0.15) is 11.3 Å². The van der Waals surface area contributed by atoms with E-state index >= 15 is 0 Å². The fourth-order valence-corrected chi connectivity index (χ4v) is 2.93. The molecule has 0 spiro atoms. The number of benzene rings is 1. The molecule has 2 rings (SSSR count). The fraction of sp³-hybridized carbons (Fsp3) is 0.167. The Morgan fingerprint density at radius 2 is 1.92 bits per heavy atom. The lowest BCUT2D eigenvalue weighted by Crippen LogP contribution is -2.46. The first-order chi connectivity index (χ1) is 11.5. The van der Waals surface area contributed by atoms with Crippen molar-refractivity contribution in [2.45, 2.75) is 6.42 Å². The average molecular weight is 371 g/mol. The average Bonchev–Trinajstić information content (AvgIpc) is 2.99. The highest BCUT2D eigenvalue weighted by Gasteiger charge is 2.23. The lowest BCUT2D eigenvalue weighted by molar-refractivity contribution is -0.120. The van der Waals surface area contributed by atoms with Crippen molar-refractivity contribution >= 4 is 40.8 Å². The van der Waals surface area contributed by atoms with Crippen LogP contribution in [0.15, 0.2) is 30.3 Å². The molecule has 24 heavy (non-hydrogen) atoms. The number of rotatable bonds is 6. The number of carbonyl (C=O) groups is 2. The van der Waals surface area contributed by atoms with Crippen LogP contribution in [0.2, 0.25) is 0 Å². The van der Waals surface area contributed by atoms with Crippen molar-refractivity contribution in [1.29, 1.82) is 0 Å². The number of carboxylic acid groups (broad SMARTS) is 1. The van der Waals surface area contributed by atoms with Crippen LogP contribution in [0.4, 0.5) is 10.6 Å². The van der Waals surface area contributed by atoms with Gasteiger partial charge in [0.25, 0.3) is 17.2 Å². The van der Waals surface area contributed by atoms with E-state index in [0.29, 0.717) is 12.1 Å². The molecule has 0 bridgehead atoms. The number of aromatic nitrogens is 2. The third-order valence-electron chi connectivity index (χ3n) is 2.77. The smallest absolute Gasteiger partial charge is 0.423 e. The highest BCUT2D eigenvalue weighted by Crippen LogP contribution is 2.22. The maximum Gasteiger partial charge on any atom is 0.423 e. The number of carbonyl (C=O) groups excluding carboxylic acids is 1. The Bertz CT molecular complexity index is 738. The SMILES string of the molecule is O=C(O)NNC(=O)CN(c1nsnc1Cc1ccccc1)S(=O)O. The number of hydrogen-bond donors (Lipinski definition) is 4. The Balaban J connectivity index is 2.14. The third-order valence-corrected chi connectivity index (χ3v) is 4.01. The van der Waals surface area contributed by atoms with Gasteiger partial charge in [0.05, 0.1) is 11.7 Å². The van der Waals surface area contributed by atoms with Gasteiger partial charge < -0.3 is 5.11 Å². The van der Waals surface area contributed by atoms with Crippen LogP contribution in [0.3, 0.4) is 0 Å². The Kier molecular flexibility index (Phi) is 6.17. The highest BCUT2D eigenvalue weighted by molar-refractivity contribution is 7.80. The molecule has 4 N–H and O–H groups in total. The first-order valence-corrected chi connectivity index (χ1v) is 8.28. The van der Waals surface area contributed by atoms with Gasteiger partial charge in [0.2, 0.25) is 0 Å². The number of hydrazine groups is 1. The van der Waals surface area contributed by atoms with E-state index in [1.807, 2.05) is 35.8 Å². The largest absolute Gasteiger partial charge is 0.464 e. The lowest BCUT2D eigenvalue weighted by Gasteiger charge is -2.17. The van der Waals surface area contributed by atoms with Gasteiger partial charge in [0.15, 0.2) is 5.82 Å². The number of nitrogens with zero attached hydrogens (tertiary/aromatic N) is 3. The molecule has 0 aliphatic carbocycles. The topological polar surface area (TPSA) is 145 Å². The summed E-state index contributed by atoms with van der Waals surface area (Å²) in [4.78, 5) is 22.0. The molecule has 2 aromatic rings. The molecular weight excluding hydrogens is 358 g/mol. The van der Waals surface area contributed by atoms with Crippen LogP contribution in [-0.2, 0) is 22.5 Å². The van der Waals surface area contributed by atoms with E-state index in [1.54, 1.807) is 5.43 Å². The van der Waals surface area contributed by atoms with Gasteiger partial charge in [-0.15, -0.1) is 0 Å². The van der Waals surface area contributed by atoms with E-state index in [9.17, 15) is 18.4 Å². The van der Waals surface area contributed by atoms with Gasteiger partial charge in [-0.25, -0.2) is 18.7 Å². The second kappa shape index (κ2) is 8.33. The van der Waals surface area contributed by atoms with E-state index < -0.39 is 29.8 Å². The molecule has 1 aromatic heterocycles. The predicted octanol–water partition coefficient (Wildman–Crippen LogP) is 0.371. The first kappa shape index (κ1) is 17.8. The molecule has 1 aromatic carbocycles. The summed E-state index contributed by atoms with van der Waals surface area (Å²) >= 11 is -1.69. The summed E-state index contributed by atoms with van der Waals surface area (Å²) in [6.07, 6.45) is -1.09. The van der Waals surface area contributed by atoms with Crippen LogP contribution in [-0.4, -0.2) is 41.2 Å². The van der Waals surface area contributed by atoms with Crippen LogP contribution >= 0.6 is 11.7 Å². The summed E-state index contributed by atoms with van der Waals surface area (Å²) in [6, 6.07) is 9.29. The first-order valence-electron chi connectivity index (χ1n) is 6.49. The Hall–Kier alpha value is -2.57. The molecule has 0 aliphatic heterocycles. The maximum absolute atomic E-state index is 11.7. The fourth-order valence-electron chi connectivity index (χ4n) is 1.79. The van der Waals surface area contributed by atoms with E-state index in [2.05, 4.69) is 8.75 Å². The summed E-state index contributed by atoms with van der Waals surface area (Å²) in [5.74, 6) is -0.728. The van der Waals surface area contributed by atoms with Gasteiger partial charge in [-0.1, -0.05) is 30.3 Å². The molecule has 10 nitrogen and oxygen atoms in total. The van der Waals surface area contributed by atoms with Crippen molar-refractivity contribution in [1.82, 2.24) is 19.6 Å². The zero-order valence-corrected chi connectivity index (χ0v) is 13.7. The number of hydrogen-bond acceptors (Lipinski definition) is 6. The van der Waals surface area contributed by atoms with Crippen molar-refractivity contribution in [2.75, 3.05) is 10.8 Å². The monoisotopic (exact) mass is 371 g/mol. The number of amides is 2. The molecule has 1 atom stereocenters. The van der Waals surface area contributed by atoms with Crippen molar-refractivity contribution in [2.24, 2.45) is 0 Å². The van der Waals surface area contributed by atoms with Gasteiger partial charge in [-0.3, -0.25) is 14.8 Å². The van der Waals surface area contributed by atoms with Crippen LogP contribution in [0.25, 0.3) is 0 Å². The van der Waals surface area contributed by atoms with Crippen LogP contribution < -0.4 is 15.2 Å². The molecule has 0 radical (unpaired) electrons. The summed E-state index contributed by atoms with van der Waals surface area (Å²) < 4.78 is 29.8. The Labute approximate surface area is 143 Å². The molecule has 0 saturated heterocycles. The van der Waals surface area contributed by atoms with Gasteiger partial charge in [-0.2, -0.15) is 8.75 Å². The minimum Gasteiger partial charge on any atom is -0.464 e. The Morgan fingerprint density at radius 1 is 1.21 bits per heavy atom. The summed E-state index contributed by atoms with van der Waals surface area (Å²) in [7, 11) is 0. The summed E-state index contributed by atoms with van der Waals surface area (Å²) in [6.45, 7) is -0.573. The van der Waals surface area contributed by atoms with Gasteiger partial charge >= 0.3 is 6.09 Å². The second-order valence-electron chi connectivity index (χ2n) is 4.44. The maximum atomic E-state index is 11.7.